The number of nitrogen functional groups attached to an aromatic ring is 1. The summed E-state index contributed by atoms with van der Waals surface area (Å²) in [6.07, 6.45) is 14.8. The molecule has 17 rings (SSSR count). The Labute approximate surface area is 637 Å². The molecule has 0 aliphatic heterocycles. The Morgan fingerprint density at radius 2 is 0.696 bits per heavy atom. The number of nitrogens with one attached hydrogen (secondary N) is 4. The minimum atomic E-state index is -0.714. The minimum absolute atomic E-state index is 0.130. The first-order valence-electron chi connectivity index (χ1n) is 34.8. The lowest BCUT2D eigenvalue weighted by Crippen LogP contribution is -2.30. The number of nitrogens with zero attached hydrogens (tertiary/aromatic N) is 16. The van der Waals surface area contributed by atoms with Gasteiger partial charge in [0.05, 0.1) is 100 Å². The molecule has 546 valence electrons. The van der Waals surface area contributed by atoms with Gasteiger partial charge in [0.1, 0.15) is 17.5 Å². The molecule has 11 aromatic heterocycles. The van der Waals surface area contributed by atoms with E-state index in [-0.39, 0.29) is 23.6 Å². The summed E-state index contributed by atoms with van der Waals surface area (Å²) in [5.74, 6) is 6.55. The number of nitrogens with two attached hydrogens (primary N) is 1. The third-order valence-electron chi connectivity index (χ3n) is 17.4. The molecule has 0 saturated heterocycles. The molecule has 6 aromatic carbocycles. The van der Waals surface area contributed by atoms with E-state index in [0.29, 0.717) is 87.9 Å². The lowest BCUT2D eigenvalue weighted by Gasteiger charge is -2.14. The molecule has 11 heterocycles. The number of methoxy groups -OCH3 is 2. The van der Waals surface area contributed by atoms with Crippen molar-refractivity contribution in [1.82, 2.24) is 85.6 Å². The Balaban J connectivity index is 0.000000133. The van der Waals surface area contributed by atoms with Crippen molar-refractivity contribution < 1.29 is 32.7 Å². The summed E-state index contributed by atoms with van der Waals surface area (Å²) in [6, 6.07) is 70.9. The van der Waals surface area contributed by atoms with Crippen LogP contribution in [0, 0.1) is 0 Å². The molecule has 0 bridgehead atoms. The van der Waals surface area contributed by atoms with Gasteiger partial charge in [0, 0.05) is 72.5 Å². The molecule has 6 N–H and O–H groups in total. The van der Waals surface area contributed by atoms with Crippen LogP contribution in [0.5, 0.6) is 0 Å². The summed E-state index contributed by atoms with van der Waals surface area (Å²) in [6.45, 7) is 1.45. The summed E-state index contributed by atoms with van der Waals surface area (Å²) < 4.78 is 20.2. The summed E-state index contributed by atoms with van der Waals surface area (Å²) in [5, 5.41) is 28.5. The second kappa shape index (κ2) is 33.8. The predicted octanol–water partition coefficient (Wildman–Crippen LogP) is 14.4. The highest BCUT2D eigenvalue weighted by molar-refractivity contribution is 6.05. The van der Waals surface area contributed by atoms with Gasteiger partial charge in [-0.05, 0) is 106 Å². The van der Waals surface area contributed by atoms with Crippen LogP contribution in [0.3, 0.4) is 0 Å². The minimum Gasteiger partial charge on any atom is -0.462 e. The SMILES string of the molecule is COC(=O)c1nnc(-c2cncc(-c3nc(NCc4ccccn4)c4c(-c5ccccc5)cccc4n3)c2)o1.COC(=O)c1nnc(-c2cncc(-c3nc(NCc4ccccn4)c4c(-c5ccccc5)cccc4n3)c2)o1.NNC(=O)c1cncc(-c2nc(NCc3ccccn3)c3c(-c4ccccc4)cccc3n2)c1. The number of benzene rings is 6. The number of carbonyl (C=O) groups is 3. The molecule has 0 radical (unpaired) electrons. The van der Waals surface area contributed by atoms with Gasteiger partial charge in [-0.25, -0.2) is 45.3 Å². The third-order valence-corrected chi connectivity index (χ3v) is 17.4. The normalized spacial score (nSPS) is 10.8. The van der Waals surface area contributed by atoms with Gasteiger partial charge in [0.15, 0.2) is 17.5 Å². The van der Waals surface area contributed by atoms with Crippen LogP contribution in [0.15, 0.2) is 283 Å². The van der Waals surface area contributed by atoms with Gasteiger partial charge >= 0.3 is 23.7 Å². The highest BCUT2D eigenvalue weighted by Crippen LogP contribution is 2.39. The Kier molecular flexibility index (Phi) is 21.7. The van der Waals surface area contributed by atoms with E-state index < -0.39 is 17.8 Å². The van der Waals surface area contributed by atoms with Crippen molar-refractivity contribution in [3.8, 4) is 90.5 Å². The van der Waals surface area contributed by atoms with E-state index in [1.165, 1.54) is 20.4 Å². The van der Waals surface area contributed by atoms with Crippen LogP contribution in [0.25, 0.3) is 123 Å². The molecule has 0 fully saturated rings. The van der Waals surface area contributed by atoms with Gasteiger partial charge in [-0.1, -0.05) is 146 Å². The molecular weight excluding hydrogens is 1420 g/mol. The zero-order valence-corrected chi connectivity index (χ0v) is 59.7. The van der Waals surface area contributed by atoms with Crippen LogP contribution >= 0.6 is 0 Å². The molecule has 0 saturated carbocycles. The van der Waals surface area contributed by atoms with E-state index in [1.54, 1.807) is 67.8 Å². The van der Waals surface area contributed by atoms with Gasteiger partial charge in [0.25, 0.3) is 5.91 Å². The number of hydrazine groups is 1. The van der Waals surface area contributed by atoms with Crippen LogP contribution in [0.4, 0.5) is 17.5 Å². The molecule has 28 heteroatoms. The predicted molar refractivity (Wildman–Crippen MR) is 420 cm³/mol. The van der Waals surface area contributed by atoms with E-state index >= 15 is 0 Å². The lowest BCUT2D eigenvalue weighted by atomic mass is 10.0. The van der Waals surface area contributed by atoms with Gasteiger partial charge in [-0.15, -0.1) is 20.4 Å². The van der Waals surface area contributed by atoms with Crippen molar-refractivity contribution in [1.29, 1.82) is 0 Å². The van der Waals surface area contributed by atoms with Crippen molar-refractivity contribution in [2.45, 2.75) is 19.6 Å². The molecule has 1 amide bonds. The lowest BCUT2D eigenvalue weighted by molar-refractivity contribution is 0.0549. The van der Waals surface area contributed by atoms with Crippen molar-refractivity contribution >= 4 is 68.0 Å². The Morgan fingerprint density at radius 1 is 0.357 bits per heavy atom. The maximum atomic E-state index is 12.0. The Hall–Kier alpha value is -15.7. The standard InChI is InChI=1S/2C29H21N7O3.C26H21N7O/c2*1-38-29(37)28-36-35-27(39-28)20-14-19(15-30-16-20)25-33-23-12-7-11-22(18-8-3-2-4-9-18)24(23)26(34-25)32-17-21-10-5-6-13-31-21;27-33-26(34)19-13-18(14-28-15-19)24-31-22-11-6-10-21(17-7-2-1-3-8-17)23(22)25(32-24)30-16-20-9-4-5-12-29-20/h2*2-16H,17H2,1H3,(H,32,33,34);1-15H,16,27H2,(H,33,34)(H,30,31,32). The fourth-order valence-corrected chi connectivity index (χ4v) is 12.1. The number of anilines is 3. The van der Waals surface area contributed by atoms with Crippen molar-refractivity contribution in [2.24, 2.45) is 5.84 Å². The molecule has 0 aliphatic rings. The number of amides is 1. The van der Waals surface area contributed by atoms with Crippen LogP contribution in [-0.4, -0.2) is 112 Å². The molecule has 0 aliphatic carbocycles. The van der Waals surface area contributed by atoms with Crippen LogP contribution in [0.2, 0.25) is 0 Å². The molecule has 0 spiro atoms. The zero-order chi connectivity index (χ0) is 76.5. The highest BCUT2D eigenvalue weighted by atomic mass is 16.5. The quantitative estimate of drug-likeness (QED) is 0.0205. The number of ether oxygens (including phenoxy) is 2. The number of carbonyl (C=O) groups excluding carboxylic acids is 3. The largest absolute Gasteiger partial charge is 0.462 e. The topological polar surface area (TPSA) is 376 Å². The average molecular weight is 1480 g/mol. The van der Waals surface area contributed by atoms with Crippen molar-refractivity contribution in [3.05, 3.63) is 309 Å². The van der Waals surface area contributed by atoms with Crippen LogP contribution in [-0.2, 0) is 29.1 Å². The number of esters is 2. The molecular formula is C84H63N21O7. The second-order valence-electron chi connectivity index (χ2n) is 24.6. The molecule has 28 nitrogen and oxygen atoms in total. The first-order valence-corrected chi connectivity index (χ1v) is 34.8. The zero-order valence-electron chi connectivity index (χ0n) is 59.7. The van der Waals surface area contributed by atoms with E-state index in [4.69, 9.17) is 44.6 Å². The van der Waals surface area contributed by atoms with Crippen LogP contribution in [0.1, 0.15) is 48.8 Å². The number of hydrogen-bond donors (Lipinski definition) is 5. The molecule has 0 atom stereocenters. The first-order chi connectivity index (χ1) is 55.1. The van der Waals surface area contributed by atoms with E-state index in [2.05, 4.69) is 136 Å². The Morgan fingerprint density at radius 3 is 1.04 bits per heavy atom. The van der Waals surface area contributed by atoms with Gasteiger partial charge in [0.2, 0.25) is 11.8 Å². The molecule has 17 aromatic rings. The fraction of sp³-hybridized carbons (Fsp3) is 0.0595. The number of rotatable bonds is 20. The highest BCUT2D eigenvalue weighted by Gasteiger charge is 2.23. The summed E-state index contributed by atoms with van der Waals surface area (Å²) in [4.78, 5) is 90.8. The third kappa shape index (κ3) is 16.5. The van der Waals surface area contributed by atoms with Crippen molar-refractivity contribution in [3.63, 3.8) is 0 Å². The Bertz CT molecular complexity index is 5930. The van der Waals surface area contributed by atoms with E-state index in [0.717, 1.165) is 83.2 Å². The van der Waals surface area contributed by atoms with E-state index in [9.17, 15) is 14.4 Å². The summed E-state index contributed by atoms with van der Waals surface area (Å²) in [5.41, 5.74) is 16.5. The maximum Gasteiger partial charge on any atom is 0.396 e. The monoisotopic (exact) mass is 1480 g/mol. The average Bonchev–Trinajstić information content (AvgIpc) is 0.809. The smallest absolute Gasteiger partial charge is 0.396 e. The molecule has 112 heavy (non-hydrogen) atoms. The van der Waals surface area contributed by atoms with Gasteiger partial charge in [-0.2, -0.15) is 0 Å². The van der Waals surface area contributed by atoms with Gasteiger partial charge in [-0.3, -0.25) is 40.1 Å². The van der Waals surface area contributed by atoms with Crippen molar-refractivity contribution in [2.75, 3.05) is 30.2 Å². The van der Waals surface area contributed by atoms with E-state index in [1.807, 2.05) is 146 Å². The fourth-order valence-electron chi connectivity index (χ4n) is 12.1. The number of aromatic nitrogens is 16. The maximum absolute atomic E-state index is 12.0. The summed E-state index contributed by atoms with van der Waals surface area (Å²) >= 11 is 0. The number of hydrogen-bond acceptors (Lipinski definition) is 27. The molecule has 0 unspecified atom stereocenters. The second-order valence-corrected chi connectivity index (χ2v) is 24.6. The number of pyridine rings is 6. The number of fused-ring (bicyclic) bond motifs is 3. The van der Waals surface area contributed by atoms with Crippen LogP contribution < -0.4 is 27.2 Å². The first kappa shape index (κ1) is 71.9. The van der Waals surface area contributed by atoms with Gasteiger partial charge < -0.3 is 34.3 Å². The summed E-state index contributed by atoms with van der Waals surface area (Å²) in [7, 11) is 2.49.